The molecule has 0 aromatic heterocycles. The average Bonchev–Trinajstić information content (AvgIpc) is 2.88. The van der Waals surface area contributed by atoms with Crippen LogP contribution in [0.3, 0.4) is 0 Å². The maximum Gasteiger partial charge on any atom is 0.242 e. The highest BCUT2D eigenvalue weighted by Crippen LogP contribution is 2.14. The summed E-state index contributed by atoms with van der Waals surface area (Å²) in [6, 6.07) is 7.49. The number of rotatable bonds is 4. The highest BCUT2D eigenvalue weighted by molar-refractivity contribution is 5.95. The fourth-order valence-corrected chi connectivity index (χ4v) is 2.25. The summed E-state index contributed by atoms with van der Waals surface area (Å²) in [5.41, 5.74) is 7.69. The Morgan fingerprint density at radius 3 is 3.11 bits per heavy atom. The first-order valence-corrected chi connectivity index (χ1v) is 6.61. The third-order valence-electron chi connectivity index (χ3n) is 3.23. The monoisotopic (exact) mass is 257 g/mol. The molecule has 1 saturated heterocycles. The van der Waals surface area contributed by atoms with Gasteiger partial charge in [0.25, 0.3) is 0 Å². The van der Waals surface area contributed by atoms with Gasteiger partial charge < -0.3 is 5.32 Å². The molecule has 0 bridgehead atoms. The van der Waals surface area contributed by atoms with E-state index in [2.05, 4.69) is 29.0 Å². The Kier molecular flexibility index (Phi) is 4.56. The molecule has 1 aromatic rings. The standard InChI is InChI=1S/C15H19N3O/c1-3-6-13-10-14(18-17-13)15(19)16-12-8-5-7-11(4-2)9-12/h2,5,7-9,13-14,17-18H,3,6,10H2,1H3,(H,16,19). The highest BCUT2D eigenvalue weighted by atomic mass is 16.2. The number of carbonyl (C=O) groups excluding carboxylic acids is 1. The van der Waals surface area contributed by atoms with E-state index < -0.39 is 0 Å². The molecule has 2 unspecified atom stereocenters. The Morgan fingerprint density at radius 1 is 1.53 bits per heavy atom. The molecule has 2 atom stereocenters. The maximum absolute atomic E-state index is 12.1. The largest absolute Gasteiger partial charge is 0.325 e. The van der Waals surface area contributed by atoms with Crippen molar-refractivity contribution in [2.24, 2.45) is 0 Å². The van der Waals surface area contributed by atoms with E-state index in [0.717, 1.165) is 30.5 Å². The summed E-state index contributed by atoms with van der Waals surface area (Å²) in [7, 11) is 0. The molecule has 2 rings (SSSR count). The van der Waals surface area contributed by atoms with Gasteiger partial charge in [-0.05, 0) is 31.0 Å². The summed E-state index contributed by atoms with van der Waals surface area (Å²) >= 11 is 0. The average molecular weight is 257 g/mol. The van der Waals surface area contributed by atoms with Gasteiger partial charge in [-0.2, -0.15) is 0 Å². The Labute approximate surface area is 113 Å². The predicted octanol–water partition coefficient (Wildman–Crippen LogP) is 1.64. The van der Waals surface area contributed by atoms with Crippen molar-refractivity contribution in [3.05, 3.63) is 29.8 Å². The minimum Gasteiger partial charge on any atom is -0.325 e. The zero-order valence-electron chi connectivity index (χ0n) is 11.1. The van der Waals surface area contributed by atoms with Gasteiger partial charge in [-0.15, -0.1) is 6.42 Å². The third-order valence-corrected chi connectivity index (χ3v) is 3.23. The topological polar surface area (TPSA) is 53.2 Å². The highest BCUT2D eigenvalue weighted by Gasteiger charge is 2.28. The van der Waals surface area contributed by atoms with E-state index in [9.17, 15) is 4.79 Å². The number of amides is 1. The Morgan fingerprint density at radius 2 is 2.37 bits per heavy atom. The Bertz CT molecular complexity index is 492. The van der Waals surface area contributed by atoms with E-state index in [-0.39, 0.29) is 11.9 Å². The van der Waals surface area contributed by atoms with E-state index in [0.29, 0.717) is 6.04 Å². The molecular formula is C15H19N3O. The van der Waals surface area contributed by atoms with Crippen LogP contribution >= 0.6 is 0 Å². The fraction of sp³-hybridized carbons (Fsp3) is 0.400. The van der Waals surface area contributed by atoms with Gasteiger partial charge in [0, 0.05) is 17.3 Å². The molecule has 100 valence electrons. The molecule has 0 radical (unpaired) electrons. The van der Waals surface area contributed by atoms with Crippen molar-refractivity contribution < 1.29 is 4.79 Å². The van der Waals surface area contributed by atoms with Crippen LogP contribution in [-0.4, -0.2) is 18.0 Å². The van der Waals surface area contributed by atoms with E-state index in [1.54, 1.807) is 6.07 Å². The predicted molar refractivity (Wildman–Crippen MR) is 76.4 cm³/mol. The molecule has 1 heterocycles. The van der Waals surface area contributed by atoms with E-state index in [4.69, 9.17) is 6.42 Å². The summed E-state index contributed by atoms with van der Waals surface area (Å²) in [6.45, 7) is 2.14. The number of carbonyl (C=O) groups is 1. The summed E-state index contributed by atoms with van der Waals surface area (Å²) < 4.78 is 0. The van der Waals surface area contributed by atoms with Gasteiger partial charge in [0.15, 0.2) is 0 Å². The molecule has 1 amide bonds. The van der Waals surface area contributed by atoms with Gasteiger partial charge in [-0.3, -0.25) is 10.2 Å². The Hall–Kier alpha value is -1.83. The molecule has 3 N–H and O–H groups in total. The van der Waals surface area contributed by atoms with Crippen LogP contribution in [0.4, 0.5) is 5.69 Å². The second-order valence-electron chi connectivity index (χ2n) is 4.78. The Balaban J connectivity index is 1.93. The first-order chi connectivity index (χ1) is 9.22. The van der Waals surface area contributed by atoms with Crippen molar-refractivity contribution in [2.45, 2.75) is 38.3 Å². The summed E-state index contributed by atoms with van der Waals surface area (Å²) in [5.74, 6) is 2.53. The molecule has 1 aromatic carbocycles. The fourth-order valence-electron chi connectivity index (χ4n) is 2.25. The first kappa shape index (κ1) is 13.6. The number of terminal acetylenes is 1. The molecule has 0 saturated carbocycles. The van der Waals surface area contributed by atoms with Crippen molar-refractivity contribution >= 4 is 11.6 Å². The van der Waals surface area contributed by atoms with Gasteiger partial charge in [-0.25, -0.2) is 5.43 Å². The van der Waals surface area contributed by atoms with Crippen LogP contribution in [0.2, 0.25) is 0 Å². The van der Waals surface area contributed by atoms with Crippen molar-refractivity contribution in [1.29, 1.82) is 0 Å². The minimum atomic E-state index is -0.189. The summed E-state index contributed by atoms with van der Waals surface area (Å²) in [6.07, 6.45) is 8.33. The van der Waals surface area contributed by atoms with Gasteiger partial charge in [0.2, 0.25) is 5.91 Å². The molecule has 1 aliphatic rings. The zero-order valence-corrected chi connectivity index (χ0v) is 11.1. The first-order valence-electron chi connectivity index (χ1n) is 6.61. The molecule has 1 fully saturated rings. The van der Waals surface area contributed by atoms with E-state index in [1.165, 1.54) is 0 Å². The molecule has 4 heteroatoms. The number of nitrogens with one attached hydrogen (secondary N) is 3. The molecule has 0 spiro atoms. The number of hydrazine groups is 1. The van der Waals surface area contributed by atoms with Crippen molar-refractivity contribution in [3.63, 3.8) is 0 Å². The lowest BCUT2D eigenvalue weighted by atomic mass is 10.1. The van der Waals surface area contributed by atoms with Crippen LogP contribution in [0, 0.1) is 12.3 Å². The number of hydrogen-bond donors (Lipinski definition) is 3. The lowest BCUT2D eigenvalue weighted by Gasteiger charge is -2.10. The van der Waals surface area contributed by atoms with Crippen LogP contribution in [-0.2, 0) is 4.79 Å². The summed E-state index contributed by atoms with van der Waals surface area (Å²) in [5, 5.41) is 2.88. The zero-order chi connectivity index (χ0) is 13.7. The van der Waals surface area contributed by atoms with Gasteiger partial charge in [-0.1, -0.05) is 25.3 Å². The van der Waals surface area contributed by atoms with Crippen LogP contribution in [0.25, 0.3) is 0 Å². The van der Waals surface area contributed by atoms with Crippen LogP contribution in [0.15, 0.2) is 24.3 Å². The second-order valence-corrected chi connectivity index (χ2v) is 4.78. The maximum atomic E-state index is 12.1. The van der Waals surface area contributed by atoms with E-state index in [1.807, 2.05) is 18.2 Å². The molecule has 4 nitrogen and oxygen atoms in total. The third kappa shape index (κ3) is 3.57. The molecule has 0 aliphatic carbocycles. The normalized spacial score (nSPS) is 21.9. The lowest BCUT2D eigenvalue weighted by molar-refractivity contribution is -0.117. The van der Waals surface area contributed by atoms with Crippen molar-refractivity contribution in [3.8, 4) is 12.3 Å². The van der Waals surface area contributed by atoms with Crippen molar-refractivity contribution in [2.75, 3.05) is 5.32 Å². The van der Waals surface area contributed by atoms with Crippen molar-refractivity contribution in [1.82, 2.24) is 10.9 Å². The lowest BCUT2D eigenvalue weighted by Crippen LogP contribution is -2.40. The smallest absolute Gasteiger partial charge is 0.242 e. The number of benzene rings is 1. The van der Waals surface area contributed by atoms with Crippen LogP contribution < -0.4 is 16.2 Å². The van der Waals surface area contributed by atoms with Gasteiger partial charge in [0.1, 0.15) is 6.04 Å². The quantitative estimate of drug-likeness (QED) is 0.719. The molecule has 1 aliphatic heterocycles. The second kappa shape index (κ2) is 6.37. The number of anilines is 1. The molecular weight excluding hydrogens is 238 g/mol. The SMILES string of the molecule is C#Cc1cccc(NC(=O)C2CC(CCC)NN2)c1. The minimum absolute atomic E-state index is 0.0275. The number of hydrogen-bond acceptors (Lipinski definition) is 3. The van der Waals surface area contributed by atoms with Gasteiger partial charge in [0.05, 0.1) is 0 Å². The van der Waals surface area contributed by atoms with Gasteiger partial charge >= 0.3 is 0 Å². The summed E-state index contributed by atoms with van der Waals surface area (Å²) in [4.78, 5) is 12.1. The van der Waals surface area contributed by atoms with Crippen LogP contribution in [0.5, 0.6) is 0 Å². The van der Waals surface area contributed by atoms with Crippen LogP contribution in [0.1, 0.15) is 31.7 Å². The van der Waals surface area contributed by atoms with E-state index >= 15 is 0 Å². The molecule has 19 heavy (non-hydrogen) atoms.